The summed E-state index contributed by atoms with van der Waals surface area (Å²) in [5, 5.41) is 2.82. The molecule has 18 heavy (non-hydrogen) atoms. The van der Waals surface area contributed by atoms with Crippen LogP contribution in [0, 0.1) is 6.92 Å². The second-order valence-corrected chi connectivity index (χ2v) is 4.50. The first-order chi connectivity index (χ1) is 8.59. The van der Waals surface area contributed by atoms with Crippen molar-refractivity contribution in [2.75, 3.05) is 11.9 Å². The molecule has 0 bridgehead atoms. The molecule has 0 saturated carbocycles. The fourth-order valence-electron chi connectivity index (χ4n) is 2.21. The summed E-state index contributed by atoms with van der Waals surface area (Å²) in [6.45, 7) is 2.50. The number of amides is 3. The van der Waals surface area contributed by atoms with Gasteiger partial charge >= 0.3 is 6.03 Å². The number of hydrogen-bond acceptors (Lipinski definition) is 2. The number of carbonyl (C=O) groups excluding carboxylic acids is 2. The highest BCUT2D eigenvalue weighted by Crippen LogP contribution is 2.20. The predicted molar refractivity (Wildman–Crippen MR) is 69.1 cm³/mol. The van der Waals surface area contributed by atoms with Crippen molar-refractivity contribution in [1.82, 2.24) is 4.90 Å². The monoisotopic (exact) mass is 247 g/mol. The van der Waals surface area contributed by atoms with Crippen LogP contribution >= 0.6 is 0 Å². The Hall–Kier alpha value is -2.04. The summed E-state index contributed by atoms with van der Waals surface area (Å²) >= 11 is 0. The number of rotatable bonds is 2. The highest BCUT2D eigenvalue weighted by Gasteiger charge is 2.32. The normalized spacial score (nSPS) is 18.7. The Morgan fingerprint density at radius 3 is 2.78 bits per heavy atom. The molecule has 0 radical (unpaired) electrons. The highest BCUT2D eigenvalue weighted by molar-refractivity contribution is 5.94. The highest BCUT2D eigenvalue weighted by atomic mass is 16.2. The molecule has 96 valence electrons. The first kappa shape index (κ1) is 12.4. The lowest BCUT2D eigenvalue weighted by atomic mass is 10.2. The van der Waals surface area contributed by atoms with E-state index in [0.29, 0.717) is 13.0 Å². The van der Waals surface area contributed by atoms with E-state index in [9.17, 15) is 9.59 Å². The summed E-state index contributed by atoms with van der Waals surface area (Å²) in [5.74, 6) is -0.438. The number of hydrogen-bond donors (Lipinski definition) is 2. The van der Waals surface area contributed by atoms with Gasteiger partial charge in [-0.2, -0.15) is 0 Å². The van der Waals surface area contributed by atoms with Gasteiger partial charge in [-0.25, -0.2) is 4.79 Å². The van der Waals surface area contributed by atoms with Gasteiger partial charge in [0.2, 0.25) is 5.91 Å². The number of nitrogens with one attached hydrogen (secondary N) is 1. The van der Waals surface area contributed by atoms with E-state index in [1.807, 2.05) is 31.2 Å². The molecular formula is C13H17N3O2. The van der Waals surface area contributed by atoms with Crippen LogP contribution in [0.2, 0.25) is 0 Å². The SMILES string of the molecule is Cc1ccccc1NC(=O)N1CCCC1C(N)=O. The minimum atomic E-state index is -0.478. The number of aryl methyl sites for hydroxylation is 1. The van der Waals surface area contributed by atoms with Gasteiger partial charge < -0.3 is 16.0 Å². The molecule has 5 heteroatoms. The Bertz CT molecular complexity index is 473. The summed E-state index contributed by atoms with van der Waals surface area (Å²) in [5.41, 5.74) is 7.04. The van der Waals surface area contributed by atoms with Crippen LogP contribution in [0.15, 0.2) is 24.3 Å². The van der Waals surface area contributed by atoms with Gasteiger partial charge in [-0.1, -0.05) is 18.2 Å². The maximum atomic E-state index is 12.1. The predicted octanol–water partition coefficient (Wildman–Crippen LogP) is 1.48. The molecule has 1 aliphatic rings. The maximum absolute atomic E-state index is 12.1. The minimum absolute atomic E-state index is 0.259. The van der Waals surface area contributed by atoms with E-state index in [-0.39, 0.29) is 6.03 Å². The van der Waals surface area contributed by atoms with E-state index in [1.54, 1.807) is 0 Å². The maximum Gasteiger partial charge on any atom is 0.322 e. The molecule has 1 unspecified atom stereocenters. The standard InChI is InChI=1S/C13H17N3O2/c1-9-5-2-3-6-10(9)15-13(18)16-8-4-7-11(16)12(14)17/h2-3,5-6,11H,4,7-8H2,1H3,(H2,14,17)(H,15,18). The number of likely N-dealkylation sites (tertiary alicyclic amines) is 1. The molecule has 3 amide bonds. The van der Waals surface area contributed by atoms with Crippen molar-refractivity contribution in [3.8, 4) is 0 Å². The smallest absolute Gasteiger partial charge is 0.322 e. The average molecular weight is 247 g/mol. The molecule has 0 aliphatic carbocycles. The Kier molecular flexibility index (Phi) is 3.50. The quantitative estimate of drug-likeness (QED) is 0.830. The van der Waals surface area contributed by atoms with Crippen molar-refractivity contribution in [2.45, 2.75) is 25.8 Å². The van der Waals surface area contributed by atoms with Gasteiger partial charge in [0.25, 0.3) is 0 Å². The molecule has 1 saturated heterocycles. The van der Waals surface area contributed by atoms with Crippen LogP contribution in [-0.4, -0.2) is 29.4 Å². The van der Waals surface area contributed by atoms with Gasteiger partial charge in [0, 0.05) is 12.2 Å². The van der Waals surface area contributed by atoms with E-state index in [0.717, 1.165) is 17.7 Å². The third-order valence-corrected chi connectivity index (χ3v) is 3.23. The van der Waals surface area contributed by atoms with Gasteiger partial charge in [-0.3, -0.25) is 4.79 Å². The molecule has 1 aromatic rings. The largest absolute Gasteiger partial charge is 0.368 e. The Labute approximate surface area is 106 Å². The molecule has 0 aromatic heterocycles. The first-order valence-electron chi connectivity index (χ1n) is 6.02. The second-order valence-electron chi connectivity index (χ2n) is 4.50. The second kappa shape index (κ2) is 5.08. The molecular weight excluding hydrogens is 230 g/mol. The van der Waals surface area contributed by atoms with Crippen molar-refractivity contribution < 1.29 is 9.59 Å². The lowest BCUT2D eigenvalue weighted by Gasteiger charge is -2.23. The lowest BCUT2D eigenvalue weighted by Crippen LogP contribution is -2.45. The zero-order valence-corrected chi connectivity index (χ0v) is 10.3. The number of primary amides is 1. The van der Waals surface area contributed by atoms with E-state index < -0.39 is 11.9 Å². The summed E-state index contributed by atoms with van der Waals surface area (Å²) in [6.07, 6.45) is 1.46. The molecule has 5 nitrogen and oxygen atoms in total. The van der Waals surface area contributed by atoms with Gasteiger partial charge in [0.15, 0.2) is 0 Å². The third-order valence-electron chi connectivity index (χ3n) is 3.23. The zero-order chi connectivity index (χ0) is 13.1. The zero-order valence-electron chi connectivity index (χ0n) is 10.3. The first-order valence-corrected chi connectivity index (χ1v) is 6.02. The average Bonchev–Trinajstić information content (AvgIpc) is 2.81. The van der Waals surface area contributed by atoms with E-state index in [1.165, 1.54) is 4.90 Å². The number of urea groups is 1. The van der Waals surface area contributed by atoms with Crippen LogP contribution in [0.25, 0.3) is 0 Å². The summed E-state index contributed by atoms with van der Waals surface area (Å²) in [7, 11) is 0. The summed E-state index contributed by atoms with van der Waals surface area (Å²) < 4.78 is 0. The molecule has 2 rings (SSSR count). The molecule has 1 heterocycles. The van der Waals surface area contributed by atoms with Crippen molar-refractivity contribution in [2.24, 2.45) is 5.73 Å². The molecule has 1 aliphatic heterocycles. The van der Waals surface area contributed by atoms with Crippen LogP contribution in [0.1, 0.15) is 18.4 Å². The van der Waals surface area contributed by atoms with Crippen molar-refractivity contribution in [3.05, 3.63) is 29.8 Å². The number of nitrogens with zero attached hydrogens (tertiary/aromatic N) is 1. The van der Waals surface area contributed by atoms with Crippen molar-refractivity contribution >= 4 is 17.6 Å². The van der Waals surface area contributed by atoms with Crippen LogP contribution in [0.5, 0.6) is 0 Å². The van der Waals surface area contributed by atoms with Crippen LogP contribution in [0.3, 0.4) is 0 Å². The van der Waals surface area contributed by atoms with Gasteiger partial charge in [0.1, 0.15) is 6.04 Å². The molecule has 3 N–H and O–H groups in total. The van der Waals surface area contributed by atoms with Crippen LogP contribution < -0.4 is 11.1 Å². The minimum Gasteiger partial charge on any atom is -0.368 e. The molecule has 1 aromatic carbocycles. The number of benzene rings is 1. The topological polar surface area (TPSA) is 75.4 Å². The lowest BCUT2D eigenvalue weighted by molar-refractivity contribution is -0.121. The number of anilines is 1. The Morgan fingerprint density at radius 1 is 1.39 bits per heavy atom. The number of nitrogens with two attached hydrogens (primary N) is 1. The Balaban J connectivity index is 2.08. The van der Waals surface area contributed by atoms with Crippen LogP contribution in [0.4, 0.5) is 10.5 Å². The fourth-order valence-corrected chi connectivity index (χ4v) is 2.21. The van der Waals surface area contributed by atoms with Gasteiger partial charge in [-0.05, 0) is 31.4 Å². The summed E-state index contributed by atoms with van der Waals surface area (Å²) in [4.78, 5) is 24.8. The van der Waals surface area contributed by atoms with E-state index >= 15 is 0 Å². The number of para-hydroxylation sites is 1. The van der Waals surface area contributed by atoms with E-state index in [2.05, 4.69) is 5.32 Å². The molecule has 1 atom stereocenters. The van der Waals surface area contributed by atoms with Crippen molar-refractivity contribution in [1.29, 1.82) is 0 Å². The van der Waals surface area contributed by atoms with Crippen LogP contribution in [-0.2, 0) is 4.79 Å². The van der Waals surface area contributed by atoms with E-state index in [4.69, 9.17) is 5.73 Å². The van der Waals surface area contributed by atoms with Gasteiger partial charge in [0.05, 0.1) is 0 Å². The molecule has 1 fully saturated rings. The third kappa shape index (κ3) is 2.45. The van der Waals surface area contributed by atoms with Gasteiger partial charge in [-0.15, -0.1) is 0 Å². The Morgan fingerprint density at radius 2 is 2.11 bits per heavy atom. The van der Waals surface area contributed by atoms with Crippen molar-refractivity contribution in [3.63, 3.8) is 0 Å². The summed E-state index contributed by atoms with van der Waals surface area (Å²) in [6, 6.07) is 6.79. The molecule has 0 spiro atoms. The fraction of sp³-hybridized carbons (Fsp3) is 0.385. The number of carbonyl (C=O) groups is 2.